The van der Waals surface area contributed by atoms with Gasteiger partial charge in [-0.05, 0) is 6.92 Å². The van der Waals surface area contributed by atoms with E-state index in [1.165, 1.54) is 16.2 Å². The molecule has 2 heterocycles. The fraction of sp³-hybridized carbons (Fsp3) is 0.667. The summed E-state index contributed by atoms with van der Waals surface area (Å²) in [5, 5.41) is 12.0. The molecule has 0 radical (unpaired) electrons. The van der Waals surface area contributed by atoms with Crippen molar-refractivity contribution in [2.45, 2.75) is 25.1 Å². The SMILES string of the molecule is C[C@@](O)(CC(=O)N1CCN(c2nccs2)CC1)C(F)(F)F. The average molecular weight is 323 g/mol. The summed E-state index contributed by atoms with van der Waals surface area (Å²) in [5.74, 6) is -0.684. The van der Waals surface area contributed by atoms with Crippen LogP contribution in [0.2, 0.25) is 0 Å². The van der Waals surface area contributed by atoms with Gasteiger partial charge in [0.15, 0.2) is 10.7 Å². The van der Waals surface area contributed by atoms with Crippen LogP contribution in [0.25, 0.3) is 0 Å². The van der Waals surface area contributed by atoms with Crippen molar-refractivity contribution in [1.82, 2.24) is 9.88 Å². The number of rotatable bonds is 3. The Hall–Kier alpha value is -1.35. The molecule has 0 saturated carbocycles. The number of anilines is 1. The van der Waals surface area contributed by atoms with Gasteiger partial charge in [0.05, 0.1) is 6.42 Å². The van der Waals surface area contributed by atoms with Crippen molar-refractivity contribution < 1.29 is 23.1 Å². The van der Waals surface area contributed by atoms with E-state index in [1.54, 1.807) is 6.20 Å². The van der Waals surface area contributed by atoms with E-state index in [0.29, 0.717) is 33.1 Å². The Morgan fingerprint density at radius 1 is 1.38 bits per heavy atom. The molecule has 21 heavy (non-hydrogen) atoms. The molecule has 2 rings (SSSR count). The van der Waals surface area contributed by atoms with Crippen molar-refractivity contribution in [2.24, 2.45) is 0 Å². The monoisotopic (exact) mass is 323 g/mol. The van der Waals surface area contributed by atoms with Crippen molar-refractivity contribution in [3.8, 4) is 0 Å². The highest BCUT2D eigenvalue weighted by molar-refractivity contribution is 7.13. The van der Waals surface area contributed by atoms with Crippen molar-refractivity contribution in [2.75, 3.05) is 31.1 Å². The minimum Gasteiger partial charge on any atom is -0.380 e. The minimum absolute atomic E-state index is 0.326. The second-order valence-electron chi connectivity index (χ2n) is 5.13. The zero-order valence-electron chi connectivity index (χ0n) is 11.4. The molecule has 1 aromatic heterocycles. The van der Waals surface area contributed by atoms with Gasteiger partial charge in [0.2, 0.25) is 5.91 Å². The van der Waals surface area contributed by atoms with Gasteiger partial charge in [0, 0.05) is 37.8 Å². The van der Waals surface area contributed by atoms with Crippen molar-refractivity contribution in [1.29, 1.82) is 0 Å². The predicted molar refractivity (Wildman–Crippen MR) is 72.2 cm³/mol. The maximum absolute atomic E-state index is 12.6. The number of hydrogen-bond acceptors (Lipinski definition) is 5. The molecule has 0 aromatic carbocycles. The molecule has 1 aliphatic heterocycles. The summed E-state index contributed by atoms with van der Waals surface area (Å²) in [6, 6.07) is 0. The van der Waals surface area contributed by atoms with E-state index in [2.05, 4.69) is 4.98 Å². The normalized spacial score (nSPS) is 19.5. The summed E-state index contributed by atoms with van der Waals surface area (Å²) in [6.07, 6.45) is -4.09. The number of amides is 1. The number of carbonyl (C=O) groups excluding carboxylic acids is 1. The summed E-state index contributed by atoms with van der Waals surface area (Å²) in [5.41, 5.74) is -2.99. The van der Waals surface area contributed by atoms with Gasteiger partial charge >= 0.3 is 6.18 Å². The Labute approximate surface area is 124 Å². The smallest absolute Gasteiger partial charge is 0.380 e. The molecule has 0 spiro atoms. The maximum atomic E-state index is 12.6. The van der Waals surface area contributed by atoms with Crippen LogP contribution in [-0.4, -0.2) is 58.9 Å². The molecule has 1 atom stereocenters. The van der Waals surface area contributed by atoms with Gasteiger partial charge in [-0.2, -0.15) is 13.2 Å². The number of aromatic nitrogens is 1. The first-order chi connectivity index (χ1) is 9.71. The summed E-state index contributed by atoms with van der Waals surface area (Å²) >= 11 is 1.48. The van der Waals surface area contributed by atoms with Crippen LogP contribution in [0, 0.1) is 0 Å². The topological polar surface area (TPSA) is 56.7 Å². The molecule has 0 bridgehead atoms. The van der Waals surface area contributed by atoms with Crippen LogP contribution >= 0.6 is 11.3 Å². The number of carbonyl (C=O) groups is 1. The van der Waals surface area contributed by atoms with Gasteiger partial charge in [0.1, 0.15) is 0 Å². The molecule has 0 unspecified atom stereocenters. The van der Waals surface area contributed by atoms with Crippen molar-refractivity contribution >= 4 is 22.4 Å². The third-order valence-corrected chi connectivity index (χ3v) is 4.26. The van der Waals surface area contributed by atoms with Crippen molar-refractivity contribution in [3.05, 3.63) is 11.6 Å². The lowest BCUT2D eigenvalue weighted by molar-refractivity contribution is -0.254. The van der Waals surface area contributed by atoms with Crippen LogP contribution < -0.4 is 4.90 Å². The van der Waals surface area contributed by atoms with E-state index in [4.69, 9.17) is 0 Å². The number of aliphatic hydroxyl groups is 1. The fourth-order valence-electron chi connectivity index (χ4n) is 2.03. The summed E-state index contributed by atoms with van der Waals surface area (Å²) in [6.45, 7) is 2.32. The lowest BCUT2D eigenvalue weighted by Crippen LogP contribution is -2.52. The third kappa shape index (κ3) is 3.65. The second-order valence-corrected chi connectivity index (χ2v) is 6.00. The average Bonchev–Trinajstić information content (AvgIpc) is 2.91. The van der Waals surface area contributed by atoms with Crippen molar-refractivity contribution in [3.63, 3.8) is 0 Å². The Kier molecular flexibility index (Phi) is 4.43. The predicted octanol–water partition coefficient (Wildman–Crippen LogP) is 1.50. The Morgan fingerprint density at radius 2 is 2.00 bits per heavy atom. The Morgan fingerprint density at radius 3 is 2.48 bits per heavy atom. The standard InChI is InChI=1S/C12H16F3N3O2S/c1-11(20,12(13,14)15)8-9(19)17-3-5-18(6-4-17)10-16-2-7-21-10/h2,7,20H,3-6,8H2,1H3/t11-/m1/s1. The largest absolute Gasteiger partial charge is 0.417 e. The zero-order chi connectivity index (χ0) is 15.7. The van der Waals surface area contributed by atoms with Crippen LogP contribution in [0.15, 0.2) is 11.6 Å². The van der Waals surface area contributed by atoms with E-state index < -0.39 is 24.1 Å². The number of halogens is 3. The van der Waals surface area contributed by atoms with Crippen LogP contribution in [0.1, 0.15) is 13.3 Å². The number of nitrogens with zero attached hydrogens (tertiary/aromatic N) is 3. The quantitative estimate of drug-likeness (QED) is 0.916. The first kappa shape index (κ1) is 16.0. The highest BCUT2D eigenvalue weighted by Crippen LogP contribution is 2.33. The highest BCUT2D eigenvalue weighted by Gasteiger charge is 2.51. The summed E-state index contributed by atoms with van der Waals surface area (Å²) in [4.78, 5) is 19.4. The third-order valence-electron chi connectivity index (χ3n) is 3.43. The molecular formula is C12H16F3N3O2S. The number of hydrogen-bond donors (Lipinski definition) is 1. The lowest BCUT2D eigenvalue weighted by Gasteiger charge is -2.36. The van der Waals surface area contributed by atoms with Gasteiger partial charge in [-0.15, -0.1) is 11.3 Å². The molecule has 1 fully saturated rings. The number of alkyl halides is 3. The molecule has 1 N–H and O–H groups in total. The van der Waals surface area contributed by atoms with Gasteiger partial charge in [-0.25, -0.2) is 4.98 Å². The van der Waals surface area contributed by atoms with E-state index in [1.807, 2.05) is 10.3 Å². The number of thiazole rings is 1. The molecular weight excluding hydrogens is 307 g/mol. The lowest BCUT2D eigenvalue weighted by atomic mass is 10.0. The molecule has 1 aliphatic rings. The first-order valence-corrected chi connectivity index (χ1v) is 7.30. The second kappa shape index (κ2) is 5.80. The van der Waals surface area contributed by atoms with Crippen LogP contribution in [0.3, 0.4) is 0 Å². The van der Waals surface area contributed by atoms with E-state index in [0.717, 1.165) is 5.13 Å². The first-order valence-electron chi connectivity index (χ1n) is 6.42. The molecule has 9 heteroatoms. The molecule has 118 valence electrons. The fourth-order valence-corrected chi connectivity index (χ4v) is 2.72. The minimum atomic E-state index is -4.81. The highest BCUT2D eigenvalue weighted by atomic mass is 32.1. The Balaban J connectivity index is 1.89. The zero-order valence-corrected chi connectivity index (χ0v) is 12.2. The summed E-state index contributed by atoms with van der Waals surface area (Å²) < 4.78 is 37.7. The molecule has 5 nitrogen and oxygen atoms in total. The Bertz CT molecular complexity index is 482. The van der Waals surface area contributed by atoms with E-state index in [-0.39, 0.29) is 0 Å². The van der Waals surface area contributed by atoms with E-state index in [9.17, 15) is 23.1 Å². The van der Waals surface area contributed by atoms with Gasteiger partial charge in [-0.3, -0.25) is 4.79 Å². The van der Waals surface area contributed by atoms with Gasteiger partial charge < -0.3 is 14.9 Å². The van der Waals surface area contributed by atoms with E-state index >= 15 is 0 Å². The van der Waals surface area contributed by atoms with Gasteiger partial charge in [-0.1, -0.05) is 0 Å². The number of piperazine rings is 1. The van der Waals surface area contributed by atoms with Gasteiger partial charge in [0.25, 0.3) is 0 Å². The van der Waals surface area contributed by atoms with Crippen LogP contribution in [0.5, 0.6) is 0 Å². The molecule has 1 amide bonds. The summed E-state index contributed by atoms with van der Waals surface area (Å²) in [7, 11) is 0. The maximum Gasteiger partial charge on any atom is 0.417 e. The molecule has 1 saturated heterocycles. The molecule has 1 aromatic rings. The molecule has 0 aliphatic carbocycles. The van der Waals surface area contributed by atoms with Crippen LogP contribution in [-0.2, 0) is 4.79 Å². The van der Waals surface area contributed by atoms with Crippen LogP contribution in [0.4, 0.5) is 18.3 Å².